The summed E-state index contributed by atoms with van der Waals surface area (Å²) in [5, 5.41) is 13.9. The fourth-order valence-electron chi connectivity index (χ4n) is 2.09. The minimum Gasteiger partial charge on any atom is -0.544 e. The molecule has 128 valence electrons. The molecule has 0 atom stereocenters. The molecule has 0 aliphatic heterocycles. The standard InChI is InChI=1S/C17H18FNO4S/c1-9-12(19-16(22)23-17(2,3)4)14(15(20)21)24-13(9)10-5-7-11(18)8-6-10/h5-8H,1-4H3,(H,19,22)(H,20,21)/p-1. The zero-order chi connectivity index (χ0) is 18.1. The van der Waals surface area contributed by atoms with E-state index in [0.29, 0.717) is 16.0 Å². The predicted molar refractivity (Wildman–Crippen MR) is 88.6 cm³/mol. The first-order valence-electron chi connectivity index (χ1n) is 7.19. The quantitative estimate of drug-likeness (QED) is 0.918. The van der Waals surface area contributed by atoms with Gasteiger partial charge in [-0.25, -0.2) is 9.18 Å². The number of thiophene rings is 1. The minimum atomic E-state index is -1.40. The summed E-state index contributed by atoms with van der Waals surface area (Å²) in [6.07, 6.45) is -0.753. The number of carboxylic acids is 1. The van der Waals surface area contributed by atoms with Crippen molar-refractivity contribution >= 4 is 29.1 Å². The number of hydrogen-bond acceptors (Lipinski definition) is 5. The Morgan fingerprint density at radius 3 is 2.29 bits per heavy atom. The Hall–Kier alpha value is -2.41. The van der Waals surface area contributed by atoms with Crippen LogP contribution in [0.3, 0.4) is 0 Å². The number of benzene rings is 1. The summed E-state index contributed by atoms with van der Waals surface area (Å²) >= 11 is 0.958. The number of amides is 1. The highest BCUT2D eigenvalue weighted by Crippen LogP contribution is 2.39. The van der Waals surface area contributed by atoms with E-state index in [-0.39, 0.29) is 16.4 Å². The number of halogens is 1. The second-order valence-electron chi connectivity index (χ2n) is 6.18. The Labute approximate surface area is 143 Å². The first kappa shape index (κ1) is 17.9. The second-order valence-corrected chi connectivity index (χ2v) is 7.20. The number of carbonyl (C=O) groups is 2. The van der Waals surface area contributed by atoms with Gasteiger partial charge in [0.2, 0.25) is 0 Å². The normalized spacial score (nSPS) is 11.2. The summed E-state index contributed by atoms with van der Waals surface area (Å²) in [4.78, 5) is 23.8. The molecule has 0 spiro atoms. The van der Waals surface area contributed by atoms with Crippen molar-refractivity contribution in [3.63, 3.8) is 0 Å². The Bertz CT molecular complexity index is 775. The summed E-state index contributed by atoms with van der Waals surface area (Å²) in [5.41, 5.74) is 0.624. The van der Waals surface area contributed by atoms with Crippen LogP contribution in [0.25, 0.3) is 10.4 Å². The van der Waals surface area contributed by atoms with Gasteiger partial charge in [0, 0.05) is 4.88 Å². The van der Waals surface area contributed by atoms with Gasteiger partial charge in [-0.1, -0.05) is 12.1 Å². The van der Waals surface area contributed by atoms with E-state index in [4.69, 9.17) is 4.74 Å². The minimum absolute atomic E-state index is 0.113. The fourth-order valence-corrected chi connectivity index (χ4v) is 3.19. The molecule has 2 aromatic rings. The molecule has 5 nitrogen and oxygen atoms in total. The van der Waals surface area contributed by atoms with E-state index in [0.717, 1.165) is 11.3 Å². The SMILES string of the molecule is Cc1c(-c2ccc(F)cc2)sc(C(=O)[O-])c1NC(=O)OC(C)(C)C. The van der Waals surface area contributed by atoms with E-state index in [1.54, 1.807) is 39.8 Å². The zero-order valence-corrected chi connectivity index (χ0v) is 14.5. The molecule has 0 aliphatic rings. The summed E-state index contributed by atoms with van der Waals surface area (Å²) in [5.74, 6) is -1.79. The van der Waals surface area contributed by atoms with Crippen LogP contribution in [-0.4, -0.2) is 17.7 Å². The third-order valence-electron chi connectivity index (χ3n) is 3.06. The van der Waals surface area contributed by atoms with Crippen molar-refractivity contribution in [2.75, 3.05) is 5.32 Å². The van der Waals surface area contributed by atoms with E-state index >= 15 is 0 Å². The van der Waals surface area contributed by atoms with Crippen LogP contribution in [0.2, 0.25) is 0 Å². The lowest BCUT2D eigenvalue weighted by atomic mass is 10.1. The van der Waals surface area contributed by atoms with Crippen LogP contribution in [0.1, 0.15) is 36.0 Å². The van der Waals surface area contributed by atoms with Gasteiger partial charge in [-0.3, -0.25) is 5.32 Å². The Morgan fingerprint density at radius 2 is 1.79 bits per heavy atom. The van der Waals surface area contributed by atoms with Gasteiger partial charge in [-0.05, 0) is 51.0 Å². The van der Waals surface area contributed by atoms with Crippen LogP contribution < -0.4 is 10.4 Å². The Kier molecular flexibility index (Phi) is 4.94. The molecule has 24 heavy (non-hydrogen) atoms. The molecule has 1 aromatic heterocycles. The van der Waals surface area contributed by atoms with Gasteiger partial charge in [-0.2, -0.15) is 0 Å². The Morgan fingerprint density at radius 1 is 1.21 bits per heavy atom. The van der Waals surface area contributed by atoms with Gasteiger partial charge in [0.05, 0.1) is 16.5 Å². The molecule has 1 heterocycles. The molecule has 1 N–H and O–H groups in total. The topological polar surface area (TPSA) is 78.5 Å². The molecule has 0 saturated carbocycles. The highest BCUT2D eigenvalue weighted by Gasteiger charge is 2.22. The van der Waals surface area contributed by atoms with Gasteiger partial charge < -0.3 is 14.6 Å². The molecule has 0 aliphatic carbocycles. The van der Waals surface area contributed by atoms with Crippen LogP contribution >= 0.6 is 11.3 Å². The molecule has 0 fully saturated rings. The van der Waals surface area contributed by atoms with Gasteiger partial charge in [-0.15, -0.1) is 11.3 Å². The van der Waals surface area contributed by atoms with Crippen LogP contribution in [-0.2, 0) is 4.74 Å². The second kappa shape index (κ2) is 6.60. The summed E-state index contributed by atoms with van der Waals surface area (Å²) in [6.45, 7) is 6.79. The van der Waals surface area contributed by atoms with Crippen LogP contribution in [0.15, 0.2) is 24.3 Å². The molecule has 2 rings (SSSR count). The van der Waals surface area contributed by atoms with Crippen LogP contribution in [0.5, 0.6) is 0 Å². The van der Waals surface area contributed by atoms with Crippen molar-refractivity contribution < 1.29 is 23.8 Å². The molecule has 0 saturated heterocycles. The van der Waals surface area contributed by atoms with Crippen molar-refractivity contribution in [1.29, 1.82) is 0 Å². The lowest BCUT2D eigenvalue weighted by molar-refractivity contribution is -0.254. The van der Waals surface area contributed by atoms with Crippen molar-refractivity contribution in [3.8, 4) is 10.4 Å². The third kappa shape index (κ3) is 4.11. The van der Waals surface area contributed by atoms with Crippen molar-refractivity contribution in [2.45, 2.75) is 33.3 Å². The van der Waals surface area contributed by atoms with Gasteiger partial charge in [0.25, 0.3) is 0 Å². The first-order chi connectivity index (χ1) is 11.1. The van der Waals surface area contributed by atoms with Crippen LogP contribution in [0, 0.1) is 12.7 Å². The lowest BCUT2D eigenvalue weighted by Gasteiger charge is -2.20. The highest BCUT2D eigenvalue weighted by atomic mass is 32.1. The molecule has 7 heteroatoms. The molecule has 0 bridgehead atoms. The van der Waals surface area contributed by atoms with Crippen molar-refractivity contribution in [3.05, 3.63) is 40.5 Å². The van der Waals surface area contributed by atoms with Gasteiger partial charge in [0.1, 0.15) is 11.4 Å². The third-order valence-corrected chi connectivity index (χ3v) is 4.39. The maximum atomic E-state index is 13.1. The number of anilines is 1. The number of ether oxygens (including phenoxy) is 1. The van der Waals surface area contributed by atoms with E-state index in [1.165, 1.54) is 12.1 Å². The average molecular weight is 350 g/mol. The van der Waals surface area contributed by atoms with E-state index in [9.17, 15) is 19.1 Å². The summed E-state index contributed by atoms with van der Waals surface area (Å²) < 4.78 is 18.2. The summed E-state index contributed by atoms with van der Waals surface area (Å²) in [7, 11) is 0. The molecular weight excluding hydrogens is 333 g/mol. The number of nitrogens with one attached hydrogen (secondary N) is 1. The van der Waals surface area contributed by atoms with E-state index in [2.05, 4.69) is 5.32 Å². The highest BCUT2D eigenvalue weighted by molar-refractivity contribution is 7.18. The number of carboxylic acid groups (broad SMARTS) is 1. The largest absolute Gasteiger partial charge is 0.544 e. The van der Waals surface area contributed by atoms with Crippen molar-refractivity contribution in [2.24, 2.45) is 0 Å². The first-order valence-corrected chi connectivity index (χ1v) is 8.01. The number of aromatic carboxylic acids is 1. The maximum absolute atomic E-state index is 13.1. The van der Waals surface area contributed by atoms with E-state index < -0.39 is 17.7 Å². The fraction of sp³-hybridized carbons (Fsp3) is 0.294. The van der Waals surface area contributed by atoms with E-state index in [1.807, 2.05) is 0 Å². The molecule has 0 unspecified atom stereocenters. The number of rotatable bonds is 3. The maximum Gasteiger partial charge on any atom is 0.412 e. The molecule has 1 aromatic carbocycles. The van der Waals surface area contributed by atoms with Gasteiger partial charge >= 0.3 is 6.09 Å². The van der Waals surface area contributed by atoms with Crippen molar-refractivity contribution in [1.82, 2.24) is 0 Å². The molecular formula is C17H17FNO4S-. The zero-order valence-electron chi connectivity index (χ0n) is 13.7. The lowest BCUT2D eigenvalue weighted by Crippen LogP contribution is -2.28. The average Bonchev–Trinajstić information content (AvgIpc) is 2.75. The number of hydrogen-bond donors (Lipinski definition) is 1. The predicted octanol–water partition coefficient (Wildman–Crippen LogP) is 3.57. The molecule has 1 amide bonds. The smallest absolute Gasteiger partial charge is 0.412 e. The van der Waals surface area contributed by atoms with Gasteiger partial charge in [0.15, 0.2) is 0 Å². The summed E-state index contributed by atoms with van der Waals surface area (Å²) in [6, 6.07) is 5.66. The molecule has 0 radical (unpaired) electrons. The van der Waals surface area contributed by atoms with Crippen LogP contribution in [0.4, 0.5) is 14.9 Å². The Balaban J connectivity index is 2.42. The monoisotopic (exact) mass is 350 g/mol. The number of carbonyl (C=O) groups excluding carboxylic acids is 2.